The summed E-state index contributed by atoms with van der Waals surface area (Å²) in [5.74, 6) is -0.0456. The fourth-order valence-corrected chi connectivity index (χ4v) is 3.95. The number of Topliss-reactive ketones (excluding diaryl/α,β-unsaturated/α-hetero) is 1. The highest BCUT2D eigenvalue weighted by molar-refractivity contribution is 7.10. The number of fused-ring (bicyclic) bond motifs is 1. The minimum atomic E-state index is -0.414. The zero-order valence-corrected chi connectivity index (χ0v) is 12.7. The van der Waals surface area contributed by atoms with Crippen LogP contribution in [0.25, 0.3) is 0 Å². The van der Waals surface area contributed by atoms with Crippen LogP contribution in [-0.2, 0) is 17.6 Å². The van der Waals surface area contributed by atoms with Crippen LogP contribution in [0.15, 0.2) is 29.6 Å². The number of rotatable bonds is 4. The van der Waals surface area contributed by atoms with Crippen molar-refractivity contribution in [3.05, 3.63) is 51.5 Å². The van der Waals surface area contributed by atoms with E-state index in [1.807, 2.05) is 0 Å². The molecule has 1 unspecified atom stereocenters. The third-order valence-electron chi connectivity index (χ3n) is 4.04. The van der Waals surface area contributed by atoms with Crippen LogP contribution in [0.1, 0.15) is 34.8 Å². The monoisotopic (exact) mass is 304 g/mol. The number of carbonyl (C=O) groups excluding carboxylic acids is 1. The van der Waals surface area contributed by atoms with Gasteiger partial charge in [0.2, 0.25) is 0 Å². The third kappa shape index (κ3) is 2.86. The van der Waals surface area contributed by atoms with Crippen molar-refractivity contribution >= 4 is 17.1 Å². The van der Waals surface area contributed by atoms with E-state index in [0.717, 1.165) is 19.3 Å². The van der Waals surface area contributed by atoms with Gasteiger partial charge in [-0.05, 0) is 54.0 Å². The lowest BCUT2D eigenvalue weighted by molar-refractivity contribution is -0.120. The number of thiophene rings is 1. The molecule has 0 fully saturated rings. The Bertz CT molecular complexity index is 663. The van der Waals surface area contributed by atoms with Crippen LogP contribution in [0.4, 0.5) is 4.39 Å². The number of benzene rings is 1. The summed E-state index contributed by atoms with van der Waals surface area (Å²) in [4.78, 5) is 13.9. The van der Waals surface area contributed by atoms with Crippen LogP contribution in [0.3, 0.4) is 0 Å². The molecule has 2 aromatic rings. The molecule has 2 nitrogen and oxygen atoms in total. The number of ketones is 1. The van der Waals surface area contributed by atoms with E-state index in [9.17, 15) is 9.18 Å². The lowest BCUT2D eigenvalue weighted by Gasteiger charge is -2.21. The van der Waals surface area contributed by atoms with E-state index in [-0.39, 0.29) is 23.9 Å². The molecule has 0 saturated heterocycles. The maximum atomic E-state index is 13.7. The fraction of sp³-hybridized carbons (Fsp3) is 0.353. The summed E-state index contributed by atoms with van der Waals surface area (Å²) in [6, 6.07) is 6.80. The van der Waals surface area contributed by atoms with Crippen LogP contribution < -0.4 is 4.74 Å². The third-order valence-corrected chi connectivity index (χ3v) is 5.03. The highest BCUT2D eigenvalue weighted by Gasteiger charge is 2.27. The van der Waals surface area contributed by atoms with Gasteiger partial charge in [-0.3, -0.25) is 4.79 Å². The molecule has 1 heterocycles. The first-order valence-electron chi connectivity index (χ1n) is 7.10. The maximum Gasteiger partial charge on any atom is 0.165 e. The first-order valence-corrected chi connectivity index (χ1v) is 7.98. The summed E-state index contributed by atoms with van der Waals surface area (Å²) in [5, 5.41) is 2.06. The SMILES string of the molecule is COc1ccc(CC(=O)C2CCCc3sccc32)cc1F. The van der Waals surface area contributed by atoms with Crippen LogP contribution in [0.2, 0.25) is 0 Å². The molecule has 1 aromatic carbocycles. The van der Waals surface area contributed by atoms with Crippen LogP contribution in [-0.4, -0.2) is 12.9 Å². The molecule has 21 heavy (non-hydrogen) atoms. The zero-order valence-electron chi connectivity index (χ0n) is 11.9. The van der Waals surface area contributed by atoms with E-state index in [1.54, 1.807) is 23.5 Å². The van der Waals surface area contributed by atoms with Crippen LogP contribution in [0.5, 0.6) is 5.75 Å². The minimum Gasteiger partial charge on any atom is -0.494 e. The average molecular weight is 304 g/mol. The van der Waals surface area contributed by atoms with Gasteiger partial charge in [0, 0.05) is 17.2 Å². The van der Waals surface area contributed by atoms with Crippen molar-refractivity contribution < 1.29 is 13.9 Å². The second-order valence-corrected chi connectivity index (χ2v) is 6.36. The molecular weight excluding hydrogens is 287 g/mol. The Morgan fingerprint density at radius 1 is 1.43 bits per heavy atom. The Balaban J connectivity index is 1.77. The van der Waals surface area contributed by atoms with Gasteiger partial charge < -0.3 is 4.74 Å². The predicted molar refractivity (Wildman–Crippen MR) is 81.7 cm³/mol. The van der Waals surface area contributed by atoms with Crippen molar-refractivity contribution in [3.63, 3.8) is 0 Å². The summed E-state index contributed by atoms with van der Waals surface area (Å²) in [6.07, 6.45) is 3.32. The number of carbonyl (C=O) groups is 1. The molecule has 0 bridgehead atoms. The molecule has 1 aromatic heterocycles. The molecule has 110 valence electrons. The lowest BCUT2D eigenvalue weighted by Crippen LogP contribution is -2.19. The minimum absolute atomic E-state index is 0.0230. The molecule has 1 atom stereocenters. The first-order chi connectivity index (χ1) is 10.2. The van der Waals surface area contributed by atoms with E-state index in [4.69, 9.17) is 4.74 Å². The van der Waals surface area contributed by atoms with E-state index in [1.165, 1.54) is 23.6 Å². The molecule has 1 aliphatic carbocycles. The van der Waals surface area contributed by atoms with E-state index in [0.29, 0.717) is 5.56 Å². The van der Waals surface area contributed by atoms with Gasteiger partial charge in [-0.25, -0.2) is 4.39 Å². The van der Waals surface area contributed by atoms with E-state index < -0.39 is 5.82 Å². The van der Waals surface area contributed by atoms with Gasteiger partial charge in [0.25, 0.3) is 0 Å². The highest BCUT2D eigenvalue weighted by Crippen LogP contribution is 2.36. The average Bonchev–Trinajstić information content (AvgIpc) is 2.95. The molecule has 0 saturated carbocycles. The van der Waals surface area contributed by atoms with Gasteiger partial charge in [-0.2, -0.15) is 0 Å². The summed E-state index contributed by atoms with van der Waals surface area (Å²) in [6.45, 7) is 0. The number of hydrogen-bond donors (Lipinski definition) is 0. The predicted octanol–water partition coefficient (Wildman–Crippen LogP) is 4.13. The Hall–Kier alpha value is -1.68. The van der Waals surface area contributed by atoms with E-state index >= 15 is 0 Å². The van der Waals surface area contributed by atoms with Crippen molar-refractivity contribution in [1.82, 2.24) is 0 Å². The van der Waals surface area contributed by atoms with E-state index in [2.05, 4.69) is 11.4 Å². The Morgan fingerprint density at radius 2 is 2.29 bits per heavy atom. The number of aryl methyl sites for hydroxylation is 1. The molecular formula is C17H17FO2S. The topological polar surface area (TPSA) is 26.3 Å². The highest BCUT2D eigenvalue weighted by atomic mass is 32.1. The van der Waals surface area contributed by atoms with Crippen molar-refractivity contribution in [2.45, 2.75) is 31.6 Å². The fourth-order valence-electron chi connectivity index (χ4n) is 2.97. The molecule has 0 spiro atoms. The zero-order chi connectivity index (χ0) is 14.8. The molecule has 0 amide bonds. The molecule has 0 radical (unpaired) electrons. The molecule has 1 aliphatic rings. The summed E-state index contributed by atoms with van der Waals surface area (Å²) in [7, 11) is 1.43. The quantitative estimate of drug-likeness (QED) is 0.849. The normalized spacial score (nSPS) is 17.3. The van der Waals surface area contributed by atoms with Crippen molar-refractivity contribution in [2.75, 3.05) is 7.11 Å². The number of methoxy groups -OCH3 is 1. The molecule has 0 N–H and O–H groups in total. The smallest absolute Gasteiger partial charge is 0.165 e. The van der Waals surface area contributed by atoms with Crippen LogP contribution >= 0.6 is 11.3 Å². The van der Waals surface area contributed by atoms with Crippen molar-refractivity contribution in [2.24, 2.45) is 0 Å². The maximum absolute atomic E-state index is 13.7. The molecule has 4 heteroatoms. The summed E-state index contributed by atoms with van der Waals surface area (Å²) >= 11 is 1.73. The van der Waals surface area contributed by atoms with Gasteiger partial charge in [0.1, 0.15) is 5.78 Å². The van der Waals surface area contributed by atoms with Crippen molar-refractivity contribution in [3.8, 4) is 5.75 Å². The van der Waals surface area contributed by atoms with Gasteiger partial charge in [-0.1, -0.05) is 6.07 Å². The number of halogens is 1. The Kier molecular flexibility index (Phi) is 4.06. The number of hydrogen-bond acceptors (Lipinski definition) is 3. The summed E-state index contributed by atoms with van der Waals surface area (Å²) < 4.78 is 18.6. The second-order valence-electron chi connectivity index (χ2n) is 5.36. The lowest BCUT2D eigenvalue weighted by atomic mass is 9.83. The van der Waals surface area contributed by atoms with Crippen molar-refractivity contribution in [1.29, 1.82) is 0 Å². The van der Waals surface area contributed by atoms with Gasteiger partial charge in [0.05, 0.1) is 7.11 Å². The standard InChI is InChI=1S/C17H17FO2S/c1-20-16-6-5-11(9-14(16)18)10-15(19)12-3-2-4-17-13(12)7-8-21-17/h5-9,12H,2-4,10H2,1H3. The molecule has 0 aliphatic heterocycles. The van der Waals surface area contributed by atoms with Gasteiger partial charge >= 0.3 is 0 Å². The Morgan fingerprint density at radius 3 is 3.05 bits per heavy atom. The Labute approximate surface area is 127 Å². The van der Waals surface area contributed by atoms with Gasteiger partial charge in [-0.15, -0.1) is 11.3 Å². The largest absolute Gasteiger partial charge is 0.494 e. The first kappa shape index (κ1) is 14.3. The number of ether oxygens (including phenoxy) is 1. The van der Waals surface area contributed by atoms with Gasteiger partial charge in [0.15, 0.2) is 11.6 Å². The van der Waals surface area contributed by atoms with Crippen LogP contribution in [0, 0.1) is 5.82 Å². The second kappa shape index (κ2) is 5.98. The summed E-state index contributed by atoms with van der Waals surface area (Å²) in [5.41, 5.74) is 1.89. The molecule has 3 rings (SSSR count).